The van der Waals surface area contributed by atoms with Gasteiger partial charge in [0.2, 0.25) is 5.91 Å². The van der Waals surface area contributed by atoms with E-state index in [2.05, 4.69) is 31.2 Å². The van der Waals surface area contributed by atoms with E-state index in [-0.39, 0.29) is 29.1 Å². The molecule has 0 aromatic carbocycles. The number of carbonyl (C=O) groups excluding carboxylic acids is 1. The van der Waals surface area contributed by atoms with Crippen LogP contribution in [0.5, 0.6) is 0 Å². The zero-order chi connectivity index (χ0) is 13.6. The monoisotopic (exact) mass is 243 g/mol. The van der Waals surface area contributed by atoms with Gasteiger partial charge in [-0.2, -0.15) is 0 Å². The van der Waals surface area contributed by atoms with E-state index < -0.39 is 0 Å². The van der Waals surface area contributed by atoms with E-state index in [4.69, 9.17) is 10.9 Å². The van der Waals surface area contributed by atoms with Crippen LogP contribution in [0, 0.1) is 11.3 Å². The van der Waals surface area contributed by atoms with Crippen molar-refractivity contribution < 1.29 is 10.0 Å². The number of oxime groups is 1. The number of hydrogen-bond donors (Lipinski definition) is 3. The van der Waals surface area contributed by atoms with Gasteiger partial charge in [0.1, 0.15) is 0 Å². The summed E-state index contributed by atoms with van der Waals surface area (Å²) >= 11 is 0. The topological polar surface area (TPSA) is 87.7 Å². The third kappa shape index (κ3) is 5.56. The third-order valence-corrected chi connectivity index (χ3v) is 3.19. The molecule has 0 saturated carbocycles. The first-order valence-electron chi connectivity index (χ1n) is 5.99. The van der Waals surface area contributed by atoms with Crippen molar-refractivity contribution in [1.82, 2.24) is 5.32 Å². The lowest BCUT2D eigenvalue weighted by atomic mass is 9.80. The Kier molecular flexibility index (Phi) is 5.99. The molecule has 0 aliphatic rings. The summed E-state index contributed by atoms with van der Waals surface area (Å²) in [6, 6.07) is -0.389. The maximum Gasteiger partial charge on any atom is 0.220 e. The van der Waals surface area contributed by atoms with Crippen molar-refractivity contribution in [3.05, 3.63) is 0 Å². The number of nitrogens with zero attached hydrogens (tertiary/aromatic N) is 1. The molecule has 100 valence electrons. The zero-order valence-corrected chi connectivity index (χ0v) is 11.4. The summed E-state index contributed by atoms with van der Waals surface area (Å²) in [7, 11) is 0. The van der Waals surface area contributed by atoms with Gasteiger partial charge < -0.3 is 16.3 Å². The molecule has 0 aromatic heterocycles. The summed E-state index contributed by atoms with van der Waals surface area (Å²) in [6.45, 7) is 10.2. The smallest absolute Gasteiger partial charge is 0.220 e. The molecule has 1 amide bonds. The Labute approximate surface area is 103 Å². The fourth-order valence-electron chi connectivity index (χ4n) is 1.29. The Morgan fingerprint density at radius 2 is 2.00 bits per heavy atom. The van der Waals surface area contributed by atoms with E-state index in [0.717, 1.165) is 0 Å². The molecule has 4 N–H and O–H groups in total. The molecule has 0 heterocycles. The molecule has 0 aliphatic carbocycles. The SMILES string of the molecule is CCC(NC(=O)CC(C)C(C)(C)C)C(N)=NO. The molecular formula is C12H25N3O2. The molecule has 5 heteroatoms. The number of nitrogens with one attached hydrogen (secondary N) is 1. The number of nitrogens with two attached hydrogens (primary N) is 1. The Balaban J connectivity index is 4.36. The first-order chi connectivity index (χ1) is 7.72. The first kappa shape index (κ1) is 15.7. The van der Waals surface area contributed by atoms with Gasteiger partial charge in [0.05, 0.1) is 6.04 Å². The fraction of sp³-hybridized carbons (Fsp3) is 0.833. The molecule has 2 atom stereocenters. The molecule has 0 spiro atoms. The number of hydrogen-bond acceptors (Lipinski definition) is 3. The second-order valence-electron chi connectivity index (χ2n) is 5.52. The van der Waals surface area contributed by atoms with E-state index in [1.165, 1.54) is 0 Å². The van der Waals surface area contributed by atoms with E-state index in [0.29, 0.717) is 12.8 Å². The van der Waals surface area contributed by atoms with Crippen LogP contribution in [0.15, 0.2) is 5.16 Å². The Hall–Kier alpha value is -1.26. The highest BCUT2D eigenvalue weighted by molar-refractivity contribution is 5.89. The predicted molar refractivity (Wildman–Crippen MR) is 68.9 cm³/mol. The van der Waals surface area contributed by atoms with Crippen LogP contribution in [0.1, 0.15) is 47.5 Å². The molecule has 5 nitrogen and oxygen atoms in total. The minimum absolute atomic E-state index is 0.0456. The van der Waals surface area contributed by atoms with Crippen LogP contribution in [-0.2, 0) is 4.79 Å². The molecule has 0 fully saturated rings. The molecule has 0 radical (unpaired) electrons. The second-order valence-corrected chi connectivity index (χ2v) is 5.52. The Bertz CT molecular complexity index is 282. The first-order valence-corrected chi connectivity index (χ1v) is 5.99. The van der Waals surface area contributed by atoms with Crippen LogP contribution in [0.2, 0.25) is 0 Å². The average Bonchev–Trinajstić information content (AvgIpc) is 2.23. The standard InChI is InChI=1S/C12H25N3O2/c1-6-9(11(13)15-17)14-10(16)7-8(2)12(3,4)5/h8-9,17H,6-7H2,1-5H3,(H2,13,15)(H,14,16). The number of carbonyl (C=O) groups is 1. The maximum atomic E-state index is 11.8. The van der Waals surface area contributed by atoms with Gasteiger partial charge in [-0.05, 0) is 17.8 Å². The highest BCUT2D eigenvalue weighted by Crippen LogP contribution is 2.27. The van der Waals surface area contributed by atoms with E-state index in [1.807, 2.05) is 13.8 Å². The lowest BCUT2D eigenvalue weighted by Gasteiger charge is -2.27. The van der Waals surface area contributed by atoms with Crippen LogP contribution in [0.3, 0.4) is 0 Å². The molecule has 0 bridgehead atoms. The van der Waals surface area contributed by atoms with Gasteiger partial charge in [-0.15, -0.1) is 0 Å². The van der Waals surface area contributed by atoms with Crippen LogP contribution in [0.25, 0.3) is 0 Å². The van der Waals surface area contributed by atoms with Gasteiger partial charge >= 0.3 is 0 Å². The summed E-state index contributed by atoms with van der Waals surface area (Å²) in [5.41, 5.74) is 5.57. The highest BCUT2D eigenvalue weighted by atomic mass is 16.4. The molecular weight excluding hydrogens is 218 g/mol. The van der Waals surface area contributed by atoms with Crippen LogP contribution >= 0.6 is 0 Å². The molecule has 2 unspecified atom stereocenters. The Morgan fingerprint density at radius 3 is 2.35 bits per heavy atom. The normalized spacial score (nSPS) is 16.4. The highest BCUT2D eigenvalue weighted by Gasteiger charge is 2.24. The molecule has 17 heavy (non-hydrogen) atoms. The zero-order valence-electron chi connectivity index (χ0n) is 11.4. The van der Waals surface area contributed by atoms with Crippen LogP contribution < -0.4 is 11.1 Å². The van der Waals surface area contributed by atoms with Gasteiger partial charge in [0, 0.05) is 6.42 Å². The van der Waals surface area contributed by atoms with Crippen molar-refractivity contribution >= 4 is 11.7 Å². The lowest BCUT2D eigenvalue weighted by molar-refractivity contribution is -0.123. The molecule has 0 rings (SSSR count). The quantitative estimate of drug-likeness (QED) is 0.297. The van der Waals surface area contributed by atoms with Gasteiger partial charge in [-0.25, -0.2) is 0 Å². The third-order valence-electron chi connectivity index (χ3n) is 3.19. The van der Waals surface area contributed by atoms with Crippen molar-refractivity contribution in [2.24, 2.45) is 22.2 Å². The second kappa shape index (κ2) is 6.47. The summed E-state index contributed by atoms with van der Waals surface area (Å²) < 4.78 is 0. The summed E-state index contributed by atoms with van der Waals surface area (Å²) in [4.78, 5) is 11.8. The van der Waals surface area contributed by atoms with Crippen molar-refractivity contribution in [1.29, 1.82) is 0 Å². The van der Waals surface area contributed by atoms with Crippen molar-refractivity contribution in [3.63, 3.8) is 0 Å². The number of rotatable bonds is 5. The lowest BCUT2D eigenvalue weighted by Crippen LogP contribution is -2.45. The summed E-state index contributed by atoms with van der Waals surface area (Å²) in [5.74, 6) is 0.252. The number of amides is 1. The largest absolute Gasteiger partial charge is 0.409 e. The van der Waals surface area contributed by atoms with Crippen molar-refractivity contribution in [2.45, 2.75) is 53.5 Å². The van der Waals surface area contributed by atoms with Crippen LogP contribution in [-0.4, -0.2) is 23.0 Å². The van der Waals surface area contributed by atoms with Gasteiger partial charge in [0.25, 0.3) is 0 Å². The minimum Gasteiger partial charge on any atom is -0.409 e. The number of amidine groups is 1. The molecule has 0 aromatic rings. The van der Waals surface area contributed by atoms with E-state index in [9.17, 15) is 4.79 Å². The van der Waals surface area contributed by atoms with Crippen molar-refractivity contribution in [2.75, 3.05) is 0 Å². The molecule has 0 saturated heterocycles. The van der Waals surface area contributed by atoms with Crippen molar-refractivity contribution in [3.8, 4) is 0 Å². The average molecular weight is 243 g/mol. The predicted octanol–water partition coefficient (Wildman–Crippen LogP) is 1.70. The van der Waals surface area contributed by atoms with Gasteiger partial charge in [0.15, 0.2) is 5.84 Å². The summed E-state index contributed by atoms with van der Waals surface area (Å²) in [6.07, 6.45) is 1.05. The van der Waals surface area contributed by atoms with Gasteiger partial charge in [-0.1, -0.05) is 39.8 Å². The van der Waals surface area contributed by atoms with E-state index in [1.54, 1.807) is 0 Å². The van der Waals surface area contributed by atoms with Crippen LogP contribution in [0.4, 0.5) is 0 Å². The Morgan fingerprint density at radius 1 is 1.47 bits per heavy atom. The molecule has 0 aliphatic heterocycles. The fourth-order valence-corrected chi connectivity index (χ4v) is 1.29. The van der Waals surface area contributed by atoms with E-state index >= 15 is 0 Å². The summed E-state index contributed by atoms with van der Waals surface area (Å²) in [5, 5.41) is 14.3. The minimum atomic E-state index is -0.389. The van der Waals surface area contributed by atoms with Gasteiger partial charge in [-0.3, -0.25) is 4.79 Å². The maximum absolute atomic E-state index is 11.8.